The van der Waals surface area contributed by atoms with E-state index in [1.54, 1.807) is 31.4 Å². The van der Waals surface area contributed by atoms with Gasteiger partial charge in [-0.15, -0.1) is 0 Å². The molecule has 0 aliphatic heterocycles. The molecule has 2 N–H and O–H groups in total. The minimum Gasteiger partial charge on any atom is -0.497 e. The van der Waals surface area contributed by atoms with Gasteiger partial charge in [0.2, 0.25) is 5.91 Å². The third-order valence-electron chi connectivity index (χ3n) is 2.67. The van der Waals surface area contributed by atoms with E-state index in [-0.39, 0.29) is 12.5 Å². The van der Waals surface area contributed by atoms with Crippen LogP contribution in [-0.4, -0.2) is 19.6 Å². The fraction of sp³-hybridized carbons (Fsp3) is 0.133. The van der Waals surface area contributed by atoms with E-state index in [2.05, 4.69) is 26.6 Å². The fourth-order valence-electron chi connectivity index (χ4n) is 1.74. The summed E-state index contributed by atoms with van der Waals surface area (Å²) in [5.74, 6) is 0.554. The summed E-state index contributed by atoms with van der Waals surface area (Å²) < 4.78 is 6.04. The predicted octanol–water partition coefficient (Wildman–Crippen LogP) is 4.16. The summed E-state index contributed by atoms with van der Waals surface area (Å²) in [6.45, 7) is 0.145. The molecule has 0 bridgehead atoms. The van der Waals surface area contributed by atoms with E-state index in [1.165, 1.54) is 0 Å². The van der Waals surface area contributed by atoms with Gasteiger partial charge in [-0.1, -0.05) is 33.6 Å². The number of ether oxygens (including phenoxy) is 1. The molecule has 0 aromatic heterocycles. The Balaban J connectivity index is 1.93. The van der Waals surface area contributed by atoms with Crippen LogP contribution < -0.4 is 15.4 Å². The van der Waals surface area contributed by atoms with Gasteiger partial charge in [-0.3, -0.25) is 4.79 Å². The van der Waals surface area contributed by atoms with Crippen molar-refractivity contribution in [2.45, 2.75) is 0 Å². The number of nitrogens with one attached hydrogen (secondary N) is 2. The lowest BCUT2D eigenvalue weighted by Gasteiger charge is -2.10. The Morgan fingerprint density at radius 3 is 2.76 bits per heavy atom. The molecule has 0 spiro atoms. The molecule has 21 heavy (non-hydrogen) atoms. The lowest BCUT2D eigenvalue weighted by molar-refractivity contribution is -0.114. The summed E-state index contributed by atoms with van der Waals surface area (Å²) in [6, 6.07) is 12.5. The predicted molar refractivity (Wildman–Crippen MR) is 89.3 cm³/mol. The maximum absolute atomic E-state index is 11.9. The first kappa shape index (κ1) is 15.7. The van der Waals surface area contributed by atoms with Crippen molar-refractivity contribution in [1.29, 1.82) is 0 Å². The van der Waals surface area contributed by atoms with Crippen LogP contribution in [0.4, 0.5) is 11.4 Å². The van der Waals surface area contributed by atoms with Crippen LogP contribution >= 0.6 is 27.5 Å². The summed E-state index contributed by atoms with van der Waals surface area (Å²) in [7, 11) is 1.59. The molecule has 0 saturated carbocycles. The number of rotatable bonds is 5. The van der Waals surface area contributed by atoms with Gasteiger partial charge in [0.25, 0.3) is 0 Å². The highest BCUT2D eigenvalue weighted by molar-refractivity contribution is 9.10. The molecule has 0 unspecified atom stereocenters. The van der Waals surface area contributed by atoms with E-state index in [0.717, 1.165) is 10.2 Å². The van der Waals surface area contributed by atoms with Crippen LogP contribution in [0.1, 0.15) is 0 Å². The Kier molecular flexibility index (Phi) is 5.47. The summed E-state index contributed by atoms with van der Waals surface area (Å²) >= 11 is 9.25. The van der Waals surface area contributed by atoms with Crippen molar-refractivity contribution in [2.75, 3.05) is 24.3 Å². The molecule has 0 atom stereocenters. The molecule has 0 aliphatic carbocycles. The van der Waals surface area contributed by atoms with E-state index in [1.807, 2.05) is 18.2 Å². The van der Waals surface area contributed by atoms with Gasteiger partial charge in [-0.2, -0.15) is 0 Å². The highest BCUT2D eigenvalue weighted by Crippen LogP contribution is 2.24. The Hall–Kier alpha value is -1.72. The average molecular weight is 370 g/mol. The van der Waals surface area contributed by atoms with Gasteiger partial charge in [-0.05, 0) is 30.3 Å². The maximum Gasteiger partial charge on any atom is 0.243 e. The maximum atomic E-state index is 11.9. The number of carbonyl (C=O) groups excluding carboxylic acids is 1. The van der Waals surface area contributed by atoms with Gasteiger partial charge < -0.3 is 15.4 Å². The molecule has 0 aliphatic rings. The first-order valence-electron chi connectivity index (χ1n) is 6.20. The molecule has 1 amide bonds. The smallest absolute Gasteiger partial charge is 0.243 e. The second-order valence-electron chi connectivity index (χ2n) is 4.29. The van der Waals surface area contributed by atoms with Gasteiger partial charge >= 0.3 is 0 Å². The normalized spacial score (nSPS) is 10.0. The highest BCUT2D eigenvalue weighted by Gasteiger charge is 2.04. The monoisotopic (exact) mass is 368 g/mol. The molecule has 2 aromatic carbocycles. The second-order valence-corrected chi connectivity index (χ2v) is 5.64. The molecule has 4 nitrogen and oxygen atoms in total. The van der Waals surface area contributed by atoms with Crippen molar-refractivity contribution in [1.82, 2.24) is 0 Å². The molecule has 6 heteroatoms. The van der Waals surface area contributed by atoms with Gasteiger partial charge in [0.05, 0.1) is 13.7 Å². The van der Waals surface area contributed by atoms with E-state index < -0.39 is 0 Å². The van der Waals surface area contributed by atoms with Crippen molar-refractivity contribution in [3.05, 3.63) is 52.0 Å². The van der Waals surface area contributed by atoms with Gasteiger partial charge in [0, 0.05) is 26.9 Å². The molecule has 0 heterocycles. The van der Waals surface area contributed by atoms with Crippen LogP contribution in [0.15, 0.2) is 46.9 Å². The zero-order valence-corrected chi connectivity index (χ0v) is 13.7. The number of benzene rings is 2. The molecule has 0 radical (unpaired) electrons. The Labute approximate surface area is 136 Å². The Morgan fingerprint density at radius 2 is 2.05 bits per heavy atom. The van der Waals surface area contributed by atoms with Crippen molar-refractivity contribution in [3.63, 3.8) is 0 Å². The van der Waals surface area contributed by atoms with Gasteiger partial charge in [0.15, 0.2) is 0 Å². The molecular weight excluding hydrogens is 356 g/mol. The molecule has 2 aromatic rings. The fourth-order valence-corrected chi connectivity index (χ4v) is 2.40. The number of hydrogen-bond donors (Lipinski definition) is 2. The topological polar surface area (TPSA) is 50.4 Å². The van der Waals surface area contributed by atoms with Crippen LogP contribution in [-0.2, 0) is 4.79 Å². The SMILES string of the molecule is COc1cc(Br)cc(NCC(=O)Nc2cccc(Cl)c2)c1. The number of methoxy groups -OCH3 is 1. The molecule has 0 saturated heterocycles. The summed E-state index contributed by atoms with van der Waals surface area (Å²) in [6.07, 6.45) is 0. The number of amides is 1. The van der Waals surface area contributed by atoms with Gasteiger partial charge in [0.1, 0.15) is 5.75 Å². The standard InChI is InChI=1S/C15H14BrClN2O2/c1-21-14-6-10(16)5-13(8-14)18-9-15(20)19-12-4-2-3-11(17)7-12/h2-8,18H,9H2,1H3,(H,19,20). The first-order chi connectivity index (χ1) is 10.1. The zero-order valence-electron chi connectivity index (χ0n) is 11.3. The molecular formula is C15H14BrClN2O2. The minimum absolute atomic E-state index is 0.145. The van der Waals surface area contributed by atoms with Crippen LogP contribution in [0.25, 0.3) is 0 Å². The number of carbonyl (C=O) groups is 1. The lowest BCUT2D eigenvalue weighted by atomic mass is 10.3. The largest absolute Gasteiger partial charge is 0.497 e. The van der Waals surface area contributed by atoms with E-state index in [0.29, 0.717) is 16.5 Å². The molecule has 0 fully saturated rings. The summed E-state index contributed by atoms with van der Waals surface area (Å²) in [5, 5.41) is 6.39. The lowest BCUT2D eigenvalue weighted by Crippen LogP contribution is -2.21. The van der Waals surface area contributed by atoms with Crippen molar-refractivity contribution < 1.29 is 9.53 Å². The van der Waals surface area contributed by atoms with Gasteiger partial charge in [-0.25, -0.2) is 0 Å². The number of hydrogen-bond acceptors (Lipinski definition) is 3. The highest BCUT2D eigenvalue weighted by atomic mass is 79.9. The molecule has 2 rings (SSSR count). The third-order valence-corrected chi connectivity index (χ3v) is 3.36. The number of anilines is 2. The van der Waals surface area contributed by atoms with Crippen LogP contribution in [0.2, 0.25) is 5.02 Å². The zero-order chi connectivity index (χ0) is 15.2. The quantitative estimate of drug-likeness (QED) is 0.832. The third kappa shape index (κ3) is 4.95. The summed E-state index contributed by atoms with van der Waals surface area (Å²) in [4.78, 5) is 11.9. The second kappa shape index (κ2) is 7.33. The van der Waals surface area contributed by atoms with Crippen molar-refractivity contribution in [2.24, 2.45) is 0 Å². The Morgan fingerprint density at radius 1 is 1.24 bits per heavy atom. The van der Waals surface area contributed by atoms with E-state index >= 15 is 0 Å². The Bertz CT molecular complexity index is 649. The first-order valence-corrected chi connectivity index (χ1v) is 7.38. The average Bonchev–Trinajstić information content (AvgIpc) is 2.44. The van der Waals surface area contributed by atoms with Crippen molar-refractivity contribution in [3.8, 4) is 5.75 Å². The van der Waals surface area contributed by atoms with E-state index in [4.69, 9.17) is 16.3 Å². The van der Waals surface area contributed by atoms with Crippen molar-refractivity contribution >= 4 is 44.8 Å². The van der Waals surface area contributed by atoms with Crippen LogP contribution in [0.3, 0.4) is 0 Å². The minimum atomic E-state index is -0.156. The van der Waals surface area contributed by atoms with Crippen LogP contribution in [0.5, 0.6) is 5.75 Å². The van der Waals surface area contributed by atoms with E-state index in [9.17, 15) is 4.79 Å². The number of halogens is 2. The molecule has 110 valence electrons. The summed E-state index contributed by atoms with van der Waals surface area (Å²) in [5.41, 5.74) is 1.46. The van der Waals surface area contributed by atoms with Crippen LogP contribution in [0, 0.1) is 0 Å².